The number of nitrogens with one attached hydrogen (secondary N) is 2. The van der Waals surface area contributed by atoms with Crippen LogP contribution in [0.5, 0.6) is 0 Å². The van der Waals surface area contributed by atoms with Crippen LogP contribution in [0.2, 0.25) is 0 Å². The van der Waals surface area contributed by atoms with E-state index in [4.69, 9.17) is 4.74 Å². The number of carbonyl (C=O) groups is 2. The molecule has 120 valence electrons. The maximum Gasteiger partial charge on any atom is 0.321 e. The molecule has 1 fully saturated rings. The number of carbonyl (C=O) groups excluding carboxylic acids is 2. The number of morpholine rings is 1. The molecule has 2 rings (SSSR count). The fourth-order valence-corrected chi connectivity index (χ4v) is 2.15. The fourth-order valence-electron chi connectivity index (χ4n) is 2.15. The third kappa shape index (κ3) is 5.42. The van der Waals surface area contributed by atoms with Gasteiger partial charge in [-0.05, 0) is 37.2 Å². The van der Waals surface area contributed by atoms with Gasteiger partial charge in [0.15, 0.2) is 0 Å². The van der Waals surface area contributed by atoms with Crippen LogP contribution in [0.15, 0.2) is 24.3 Å². The lowest BCUT2D eigenvalue weighted by Gasteiger charge is -2.26. The van der Waals surface area contributed by atoms with E-state index in [0.717, 1.165) is 39.3 Å². The van der Waals surface area contributed by atoms with Gasteiger partial charge in [0.1, 0.15) is 5.82 Å². The molecule has 0 aliphatic carbocycles. The molecular formula is C15H20FN3O3. The Balaban J connectivity index is 1.62. The molecule has 0 radical (unpaired) electrons. The van der Waals surface area contributed by atoms with E-state index in [1.165, 1.54) is 24.3 Å². The largest absolute Gasteiger partial charge is 0.379 e. The van der Waals surface area contributed by atoms with Crippen molar-refractivity contribution in [3.8, 4) is 0 Å². The van der Waals surface area contributed by atoms with Crippen molar-refractivity contribution in [2.24, 2.45) is 0 Å². The zero-order valence-electron chi connectivity index (χ0n) is 12.3. The zero-order valence-corrected chi connectivity index (χ0v) is 12.3. The monoisotopic (exact) mass is 309 g/mol. The average Bonchev–Trinajstić information content (AvgIpc) is 2.53. The summed E-state index contributed by atoms with van der Waals surface area (Å²) in [6, 6.07) is 4.47. The topological polar surface area (TPSA) is 70.7 Å². The number of halogens is 1. The van der Waals surface area contributed by atoms with E-state index in [0.29, 0.717) is 6.54 Å². The molecule has 7 heteroatoms. The van der Waals surface area contributed by atoms with Gasteiger partial charge in [-0.15, -0.1) is 0 Å². The van der Waals surface area contributed by atoms with Crippen molar-refractivity contribution in [2.75, 3.05) is 39.4 Å². The maximum atomic E-state index is 12.7. The highest BCUT2D eigenvalue weighted by Crippen LogP contribution is 2.02. The van der Waals surface area contributed by atoms with Gasteiger partial charge in [-0.2, -0.15) is 0 Å². The van der Waals surface area contributed by atoms with E-state index >= 15 is 0 Å². The molecule has 0 spiro atoms. The lowest BCUT2D eigenvalue weighted by molar-refractivity contribution is 0.0375. The summed E-state index contributed by atoms with van der Waals surface area (Å²) in [7, 11) is 0. The number of rotatable bonds is 5. The second kappa shape index (κ2) is 8.45. The highest BCUT2D eigenvalue weighted by atomic mass is 19.1. The second-order valence-electron chi connectivity index (χ2n) is 5.02. The molecule has 6 nitrogen and oxygen atoms in total. The Morgan fingerprint density at radius 1 is 1.18 bits per heavy atom. The summed E-state index contributed by atoms with van der Waals surface area (Å²) in [6.07, 6.45) is 0.804. The number of hydrogen-bond acceptors (Lipinski definition) is 4. The molecule has 1 heterocycles. The maximum absolute atomic E-state index is 12.7. The first-order valence-corrected chi connectivity index (χ1v) is 7.30. The van der Waals surface area contributed by atoms with Crippen molar-refractivity contribution in [1.29, 1.82) is 0 Å². The standard InChI is InChI=1S/C15H20FN3O3/c16-13-4-2-12(3-5-13)14(20)18-15(21)17-6-1-7-19-8-10-22-11-9-19/h2-5H,1,6-11H2,(H2,17,18,20,21). The third-order valence-corrected chi connectivity index (χ3v) is 3.37. The van der Waals surface area contributed by atoms with Gasteiger partial charge in [0.25, 0.3) is 5.91 Å². The molecule has 1 aromatic rings. The molecule has 22 heavy (non-hydrogen) atoms. The highest BCUT2D eigenvalue weighted by molar-refractivity contribution is 6.04. The van der Waals surface area contributed by atoms with Crippen LogP contribution in [-0.2, 0) is 4.74 Å². The second-order valence-corrected chi connectivity index (χ2v) is 5.02. The predicted molar refractivity (Wildman–Crippen MR) is 79.1 cm³/mol. The van der Waals surface area contributed by atoms with E-state index in [2.05, 4.69) is 15.5 Å². The van der Waals surface area contributed by atoms with Crippen molar-refractivity contribution >= 4 is 11.9 Å². The normalized spacial score (nSPS) is 15.3. The van der Waals surface area contributed by atoms with Gasteiger partial charge in [-0.3, -0.25) is 15.0 Å². The van der Waals surface area contributed by atoms with Gasteiger partial charge in [0, 0.05) is 25.2 Å². The van der Waals surface area contributed by atoms with Gasteiger partial charge in [-0.25, -0.2) is 9.18 Å². The minimum atomic E-state index is -0.550. The summed E-state index contributed by atoms with van der Waals surface area (Å²) in [4.78, 5) is 25.6. The van der Waals surface area contributed by atoms with Gasteiger partial charge in [0.2, 0.25) is 0 Å². The molecule has 0 aromatic heterocycles. The Bertz CT molecular complexity index is 501. The van der Waals surface area contributed by atoms with Crippen molar-refractivity contribution in [3.63, 3.8) is 0 Å². The van der Waals surface area contributed by atoms with Gasteiger partial charge in [0.05, 0.1) is 13.2 Å². The summed E-state index contributed by atoms with van der Waals surface area (Å²) in [5, 5.41) is 4.84. The van der Waals surface area contributed by atoms with Gasteiger partial charge < -0.3 is 10.1 Å². The number of hydrogen-bond donors (Lipinski definition) is 2. The van der Waals surface area contributed by atoms with E-state index in [9.17, 15) is 14.0 Å². The summed E-state index contributed by atoms with van der Waals surface area (Å²) in [5.74, 6) is -0.977. The predicted octanol–water partition coefficient (Wildman–Crippen LogP) is 0.987. The molecule has 3 amide bonds. The van der Waals surface area contributed by atoms with Crippen LogP contribution in [0.3, 0.4) is 0 Å². The Labute approximate surface area is 128 Å². The fraction of sp³-hybridized carbons (Fsp3) is 0.467. The lowest BCUT2D eigenvalue weighted by atomic mass is 10.2. The molecule has 2 N–H and O–H groups in total. The minimum Gasteiger partial charge on any atom is -0.379 e. The van der Waals surface area contributed by atoms with Crippen LogP contribution in [0.25, 0.3) is 0 Å². The Kier molecular flexibility index (Phi) is 6.29. The van der Waals surface area contributed by atoms with Crippen LogP contribution < -0.4 is 10.6 Å². The van der Waals surface area contributed by atoms with E-state index in [1.807, 2.05) is 0 Å². The molecule has 1 saturated heterocycles. The van der Waals surface area contributed by atoms with E-state index in [-0.39, 0.29) is 5.56 Å². The quantitative estimate of drug-likeness (QED) is 0.796. The lowest BCUT2D eigenvalue weighted by Crippen LogP contribution is -2.41. The number of benzene rings is 1. The zero-order chi connectivity index (χ0) is 15.8. The number of nitrogens with zero attached hydrogens (tertiary/aromatic N) is 1. The van der Waals surface area contributed by atoms with E-state index < -0.39 is 17.8 Å². The first-order valence-electron chi connectivity index (χ1n) is 7.30. The average molecular weight is 309 g/mol. The summed E-state index contributed by atoms with van der Waals surface area (Å²) < 4.78 is 18.0. The summed E-state index contributed by atoms with van der Waals surface area (Å²) in [5.41, 5.74) is 0.241. The number of amides is 3. The highest BCUT2D eigenvalue weighted by Gasteiger charge is 2.11. The molecule has 0 atom stereocenters. The number of urea groups is 1. The molecule has 1 aliphatic rings. The molecule has 0 unspecified atom stereocenters. The van der Waals surface area contributed by atoms with Crippen molar-refractivity contribution in [1.82, 2.24) is 15.5 Å². The number of imide groups is 1. The molecular weight excluding hydrogens is 289 g/mol. The molecule has 1 aliphatic heterocycles. The van der Waals surface area contributed by atoms with Crippen LogP contribution in [0, 0.1) is 5.82 Å². The van der Waals surface area contributed by atoms with Crippen molar-refractivity contribution in [3.05, 3.63) is 35.6 Å². The van der Waals surface area contributed by atoms with E-state index in [1.54, 1.807) is 0 Å². The smallest absolute Gasteiger partial charge is 0.321 e. The van der Waals surface area contributed by atoms with Crippen LogP contribution in [0.1, 0.15) is 16.8 Å². The molecule has 0 bridgehead atoms. The van der Waals surface area contributed by atoms with Gasteiger partial charge >= 0.3 is 6.03 Å². The molecule has 1 aromatic carbocycles. The first-order chi connectivity index (χ1) is 10.6. The minimum absolute atomic E-state index is 0.241. The van der Waals surface area contributed by atoms with Crippen LogP contribution in [0.4, 0.5) is 9.18 Å². The Morgan fingerprint density at radius 2 is 1.86 bits per heavy atom. The Morgan fingerprint density at radius 3 is 2.55 bits per heavy atom. The summed E-state index contributed by atoms with van der Waals surface area (Å²) >= 11 is 0. The Hall–Kier alpha value is -1.99. The first kappa shape index (κ1) is 16.4. The van der Waals surface area contributed by atoms with Crippen LogP contribution in [-0.4, -0.2) is 56.2 Å². The van der Waals surface area contributed by atoms with Crippen molar-refractivity contribution < 1.29 is 18.7 Å². The SMILES string of the molecule is O=C(NCCCN1CCOCC1)NC(=O)c1ccc(F)cc1. The third-order valence-electron chi connectivity index (χ3n) is 3.37. The molecule has 0 saturated carbocycles. The van der Waals surface area contributed by atoms with Crippen molar-refractivity contribution in [2.45, 2.75) is 6.42 Å². The van der Waals surface area contributed by atoms with Gasteiger partial charge in [-0.1, -0.05) is 0 Å². The number of ether oxygens (including phenoxy) is 1. The van der Waals surface area contributed by atoms with Crippen LogP contribution >= 0.6 is 0 Å². The summed E-state index contributed by atoms with van der Waals surface area (Å²) in [6.45, 7) is 4.69.